The first-order valence-electron chi connectivity index (χ1n) is 5.64. The fraction of sp³-hybridized carbons (Fsp3) is 0.333. The van der Waals surface area contributed by atoms with E-state index in [-0.39, 0.29) is 0 Å². The number of H-pyrrole nitrogens is 1. The van der Waals surface area contributed by atoms with Gasteiger partial charge < -0.3 is 4.98 Å². The van der Waals surface area contributed by atoms with Crippen molar-refractivity contribution in [2.75, 3.05) is 0 Å². The van der Waals surface area contributed by atoms with Crippen LogP contribution >= 0.6 is 0 Å². The zero-order valence-electron chi connectivity index (χ0n) is 9.12. The second-order valence-electron chi connectivity index (χ2n) is 4.40. The van der Waals surface area contributed by atoms with E-state index >= 15 is 0 Å². The van der Waals surface area contributed by atoms with Gasteiger partial charge >= 0.3 is 5.69 Å². The van der Waals surface area contributed by atoms with Crippen LogP contribution in [0.2, 0.25) is 0 Å². The lowest BCUT2D eigenvalue weighted by Crippen LogP contribution is -2.00. The summed E-state index contributed by atoms with van der Waals surface area (Å²) < 4.78 is 13.5. The molecule has 0 saturated heterocycles. The van der Waals surface area contributed by atoms with Gasteiger partial charge in [-0.15, -0.1) is 0 Å². The van der Waals surface area contributed by atoms with Crippen LogP contribution in [0.4, 0.5) is 10.1 Å². The number of aromatic amines is 1. The summed E-state index contributed by atoms with van der Waals surface area (Å²) in [5, 5.41) is 11.5. The second-order valence-corrected chi connectivity index (χ2v) is 4.40. The van der Waals surface area contributed by atoms with Crippen molar-refractivity contribution in [1.82, 2.24) is 4.98 Å². The van der Waals surface area contributed by atoms with E-state index in [0.29, 0.717) is 5.52 Å². The number of aromatic nitrogens is 1. The summed E-state index contributed by atoms with van der Waals surface area (Å²) in [5.74, 6) is -0.777. The highest BCUT2D eigenvalue weighted by Gasteiger charge is 2.21. The smallest absolute Gasteiger partial charge is 0.305 e. The van der Waals surface area contributed by atoms with Gasteiger partial charge in [-0.1, -0.05) is 0 Å². The Balaban J connectivity index is 2.29. The van der Waals surface area contributed by atoms with Gasteiger partial charge in [-0.3, -0.25) is 10.1 Å². The van der Waals surface area contributed by atoms with Crippen molar-refractivity contribution in [3.63, 3.8) is 0 Å². The lowest BCUT2D eigenvalue weighted by atomic mass is 9.95. The molecular weight excluding hydrogens is 223 g/mol. The molecule has 1 aromatic carbocycles. The van der Waals surface area contributed by atoms with Gasteiger partial charge in [-0.2, -0.15) is 4.39 Å². The first-order valence-corrected chi connectivity index (χ1v) is 5.64. The van der Waals surface area contributed by atoms with Crippen molar-refractivity contribution < 1.29 is 9.31 Å². The molecule has 0 amide bonds. The van der Waals surface area contributed by atoms with Gasteiger partial charge in [0, 0.05) is 28.7 Å². The topological polar surface area (TPSA) is 58.9 Å². The van der Waals surface area contributed by atoms with Gasteiger partial charge in [0.15, 0.2) is 0 Å². The molecule has 0 bridgehead atoms. The van der Waals surface area contributed by atoms with Gasteiger partial charge in [0.25, 0.3) is 0 Å². The number of nitro groups is 1. The van der Waals surface area contributed by atoms with Crippen molar-refractivity contribution in [3.05, 3.63) is 39.3 Å². The van der Waals surface area contributed by atoms with E-state index in [0.717, 1.165) is 42.3 Å². The van der Waals surface area contributed by atoms with Crippen molar-refractivity contribution in [1.29, 1.82) is 0 Å². The first kappa shape index (κ1) is 10.3. The normalized spacial score (nSPS) is 14.9. The second kappa shape index (κ2) is 3.55. The Labute approximate surface area is 96.6 Å². The number of nitrogens with one attached hydrogen (secondary N) is 1. The lowest BCUT2D eigenvalue weighted by molar-refractivity contribution is -0.387. The average Bonchev–Trinajstić information content (AvgIpc) is 2.64. The van der Waals surface area contributed by atoms with E-state index in [1.165, 1.54) is 12.1 Å². The molecule has 1 aliphatic carbocycles. The number of nitrogens with zero attached hydrogens (tertiary/aromatic N) is 1. The van der Waals surface area contributed by atoms with Crippen molar-refractivity contribution >= 4 is 16.6 Å². The molecule has 5 heteroatoms. The average molecular weight is 234 g/mol. The predicted octanol–water partition coefficient (Wildman–Crippen LogP) is 3.09. The van der Waals surface area contributed by atoms with Crippen LogP contribution in [0.15, 0.2) is 12.1 Å². The van der Waals surface area contributed by atoms with E-state index in [9.17, 15) is 14.5 Å². The van der Waals surface area contributed by atoms with Crippen LogP contribution in [-0.2, 0) is 12.8 Å². The molecular formula is C12H11FN2O2. The quantitative estimate of drug-likeness (QED) is 0.608. The molecule has 3 rings (SSSR count). The number of nitro benzene ring substituents is 1. The Hall–Kier alpha value is -1.91. The van der Waals surface area contributed by atoms with Crippen molar-refractivity contribution in [2.45, 2.75) is 25.7 Å². The highest BCUT2D eigenvalue weighted by molar-refractivity contribution is 5.87. The maximum Gasteiger partial charge on any atom is 0.305 e. The molecule has 0 radical (unpaired) electrons. The molecule has 0 aliphatic heterocycles. The van der Waals surface area contributed by atoms with Crippen molar-refractivity contribution in [3.8, 4) is 0 Å². The number of benzene rings is 1. The summed E-state index contributed by atoms with van der Waals surface area (Å²) in [4.78, 5) is 13.2. The Kier molecular flexibility index (Phi) is 2.14. The van der Waals surface area contributed by atoms with Crippen LogP contribution in [0.25, 0.3) is 10.9 Å². The molecule has 0 fully saturated rings. The number of rotatable bonds is 1. The van der Waals surface area contributed by atoms with Crippen LogP contribution < -0.4 is 0 Å². The van der Waals surface area contributed by atoms with E-state index in [4.69, 9.17) is 0 Å². The van der Waals surface area contributed by atoms with Gasteiger partial charge in [0.1, 0.15) is 0 Å². The third-order valence-electron chi connectivity index (χ3n) is 3.36. The van der Waals surface area contributed by atoms with Gasteiger partial charge in [-0.05, 0) is 31.2 Å². The summed E-state index contributed by atoms with van der Waals surface area (Å²) in [6.07, 6.45) is 4.06. The molecule has 0 unspecified atom stereocenters. The highest BCUT2D eigenvalue weighted by atomic mass is 19.1. The molecule has 2 aromatic rings. The zero-order chi connectivity index (χ0) is 12.0. The molecule has 1 aliphatic rings. The monoisotopic (exact) mass is 234 g/mol. The van der Waals surface area contributed by atoms with Gasteiger partial charge in [0.05, 0.1) is 4.92 Å². The summed E-state index contributed by atoms with van der Waals surface area (Å²) in [6.45, 7) is 0. The minimum Gasteiger partial charge on any atom is -0.358 e. The number of fused-ring (bicyclic) bond motifs is 3. The Morgan fingerprint density at radius 1 is 1.29 bits per heavy atom. The van der Waals surface area contributed by atoms with E-state index in [1.54, 1.807) is 0 Å². The van der Waals surface area contributed by atoms with Gasteiger partial charge in [-0.25, -0.2) is 0 Å². The van der Waals surface area contributed by atoms with Gasteiger partial charge in [0.2, 0.25) is 5.82 Å². The van der Waals surface area contributed by atoms with E-state index in [1.807, 2.05) is 0 Å². The third kappa shape index (κ3) is 1.50. The van der Waals surface area contributed by atoms with Crippen LogP contribution in [0.3, 0.4) is 0 Å². The van der Waals surface area contributed by atoms with Crippen molar-refractivity contribution in [2.24, 2.45) is 0 Å². The van der Waals surface area contributed by atoms with Crippen LogP contribution in [-0.4, -0.2) is 9.91 Å². The first-order chi connectivity index (χ1) is 8.16. The minimum absolute atomic E-state index is 0.440. The van der Waals surface area contributed by atoms with Crippen LogP contribution in [0.1, 0.15) is 24.1 Å². The number of hydrogen-bond acceptors (Lipinski definition) is 2. The molecule has 0 spiro atoms. The zero-order valence-corrected chi connectivity index (χ0v) is 9.12. The Morgan fingerprint density at radius 3 is 2.82 bits per heavy atom. The largest absolute Gasteiger partial charge is 0.358 e. The molecule has 1 aromatic heterocycles. The fourth-order valence-corrected chi connectivity index (χ4v) is 2.56. The standard InChI is InChI=1S/C12H11FN2O2/c13-9-6-11-8(5-12(9)15(16)17)7-3-1-2-4-10(7)14-11/h5-6,14H,1-4H2. The van der Waals surface area contributed by atoms with Crippen LogP contribution in [0, 0.1) is 15.9 Å². The Morgan fingerprint density at radius 2 is 2.06 bits per heavy atom. The SMILES string of the molecule is O=[N+]([O-])c1cc2c3c([nH]c2cc1F)CCCC3. The summed E-state index contributed by atoms with van der Waals surface area (Å²) in [6, 6.07) is 2.58. The highest BCUT2D eigenvalue weighted by Crippen LogP contribution is 2.32. The number of halogens is 1. The maximum atomic E-state index is 13.5. The predicted molar refractivity (Wildman–Crippen MR) is 61.6 cm³/mol. The molecule has 1 heterocycles. The third-order valence-corrected chi connectivity index (χ3v) is 3.36. The molecule has 4 nitrogen and oxygen atoms in total. The molecule has 17 heavy (non-hydrogen) atoms. The Bertz CT molecular complexity index is 618. The molecule has 88 valence electrons. The maximum absolute atomic E-state index is 13.5. The number of hydrogen-bond donors (Lipinski definition) is 1. The molecule has 1 N–H and O–H groups in total. The molecule has 0 atom stereocenters. The summed E-state index contributed by atoms with van der Waals surface area (Å²) in [5.41, 5.74) is 2.45. The minimum atomic E-state index is -0.777. The molecule has 0 saturated carbocycles. The van der Waals surface area contributed by atoms with Crippen LogP contribution in [0.5, 0.6) is 0 Å². The summed E-state index contributed by atoms with van der Waals surface area (Å²) >= 11 is 0. The lowest BCUT2D eigenvalue weighted by Gasteiger charge is -2.10. The number of aryl methyl sites for hydroxylation is 2. The van der Waals surface area contributed by atoms with E-state index in [2.05, 4.69) is 4.98 Å². The fourth-order valence-electron chi connectivity index (χ4n) is 2.56. The van der Waals surface area contributed by atoms with E-state index < -0.39 is 16.4 Å². The summed E-state index contributed by atoms with van der Waals surface area (Å²) in [7, 11) is 0.